The average Bonchev–Trinajstić information content (AvgIpc) is 2.87. The minimum atomic E-state index is -0.292. The Morgan fingerprint density at radius 1 is 1.08 bits per heavy atom. The van der Waals surface area contributed by atoms with Gasteiger partial charge in [-0.25, -0.2) is 9.97 Å². The number of benzene rings is 1. The van der Waals surface area contributed by atoms with E-state index in [4.69, 9.17) is 17.2 Å². The SMILES string of the molecule is NC(=O)C1CCN(C(=O)Cc2ccc(N(CCCO)Cc3cnc4nc(N)nc(N)c4n3)cc2)CC1. The van der Waals surface area contributed by atoms with Gasteiger partial charge in [-0.2, -0.15) is 9.97 Å². The molecule has 0 radical (unpaired) electrons. The predicted molar refractivity (Wildman–Crippen MR) is 135 cm³/mol. The zero-order valence-corrected chi connectivity index (χ0v) is 20.0. The fourth-order valence-corrected chi connectivity index (χ4v) is 4.34. The van der Waals surface area contributed by atoms with Gasteiger partial charge >= 0.3 is 0 Å². The molecule has 0 atom stereocenters. The average molecular weight is 494 g/mol. The lowest BCUT2D eigenvalue weighted by molar-refractivity contribution is -0.134. The first-order valence-electron chi connectivity index (χ1n) is 11.9. The second-order valence-electron chi connectivity index (χ2n) is 8.90. The van der Waals surface area contributed by atoms with Crippen LogP contribution in [0.2, 0.25) is 0 Å². The largest absolute Gasteiger partial charge is 0.396 e. The first kappa shape index (κ1) is 25.0. The lowest BCUT2D eigenvalue weighted by Gasteiger charge is -2.30. The molecule has 7 N–H and O–H groups in total. The van der Waals surface area contributed by atoms with E-state index in [1.807, 2.05) is 24.3 Å². The molecule has 0 bridgehead atoms. The molecule has 4 rings (SSSR count). The van der Waals surface area contributed by atoms with Gasteiger partial charge in [-0.1, -0.05) is 12.1 Å². The van der Waals surface area contributed by atoms with Crippen molar-refractivity contribution in [3.05, 3.63) is 41.7 Å². The smallest absolute Gasteiger partial charge is 0.226 e. The summed E-state index contributed by atoms with van der Waals surface area (Å²) in [5.74, 6) is -0.191. The van der Waals surface area contributed by atoms with Crippen LogP contribution in [0, 0.1) is 5.92 Å². The zero-order valence-electron chi connectivity index (χ0n) is 20.0. The van der Waals surface area contributed by atoms with Crippen molar-refractivity contribution in [1.29, 1.82) is 0 Å². The van der Waals surface area contributed by atoms with E-state index in [1.165, 1.54) is 0 Å². The normalized spacial score (nSPS) is 14.2. The van der Waals surface area contributed by atoms with Crippen LogP contribution < -0.4 is 22.1 Å². The third-order valence-corrected chi connectivity index (χ3v) is 6.35. The van der Waals surface area contributed by atoms with Crippen molar-refractivity contribution in [2.75, 3.05) is 42.6 Å². The topological polar surface area (TPSA) is 190 Å². The number of hydrogen-bond acceptors (Lipinski definition) is 10. The fourth-order valence-electron chi connectivity index (χ4n) is 4.34. The maximum Gasteiger partial charge on any atom is 0.226 e. The van der Waals surface area contributed by atoms with E-state index in [0.29, 0.717) is 62.3 Å². The van der Waals surface area contributed by atoms with Crippen LogP contribution in [0.3, 0.4) is 0 Å². The van der Waals surface area contributed by atoms with Crippen molar-refractivity contribution in [2.24, 2.45) is 11.7 Å². The lowest BCUT2D eigenvalue weighted by Crippen LogP contribution is -2.42. The van der Waals surface area contributed by atoms with E-state index < -0.39 is 0 Å². The summed E-state index contributed by atoms with van der Waals surface area (Å²) in [5, 5.41) is 9.38. The minimum Gasteiger partial charge on any atom is -0.396 e. The minimum absolute atomic E-state index is 0.0367. The molecule has 1 fully saturated rings. The number of aliphatic hydroxyl groups is 1. The second-order valence-corrected chi connectivity index (χ2v) is 8.90. The molecule has 36 heavy (non-hydrogen) atoms. The number of aromatic nitrogens is 4. The highest BCUT2D eigenvalue weighted by Gasteiger charge is 2.25. The van der Waals surface area contributed by atoms with E-state index in [0.717, 1.165) is 11.3 Å². The van der Waals surface area contributed by atoms with Gasteiger partial charge in [0.1, 0.15) is 0 Å². The molecule has 1 aromatic carbocycles. The van der Waals surface area contributed by atoms with Crippen LogP contribution in [0.5, 0.6) is 0 Å². The number of primary amides is 1. The fraction of sp³-hybridized carbons (Fsp3) is 0.417. The maximum absolute atomic E-state index is 12.7. The Labute approximate surface area is 208 Å². The Kier molecular flexibility index (Phi) is 7.74. The molecule has 190 valence electrons. The van der Waals surface area contributed by atoms with Gasteiger partial charge in [-0.15, -0.1) is 0 Å². The number of nitrogens with zero attached hydrogens (tertiary/aromatic N) is 6. The Hall–Kier alpha value is -4.06. The van der Waals surface area contributed by atoms with Gasteiger partial charge in [0.2, 0.25) is 17.8 Å². The summed E-state index contributed by atoms with van der Waals surface area (Å²) < 4.78 is 0. The van der Waals surface area contributed by atoms with Crippen molar-refractivity contribution in [2.45, 2.75) is 32.2 Å². The molecule has 1 aliphatic heterocycles. The number of hydrogen-bond donors (Lipinski definition) is 4. The number of carbonyl (C=O) groups excluding carboxylic acids is 2. The monoisotopic (exact) mass is 493 g/mol. The summed E-state index contributed by atoms with van der Waals surface area (Å²) in [7, 11) is 0. The molecule has 12 nitrogen and oxygen atoms in total. The van der Waals surface area contributed by atoms with Crippen molar-refractivity contribution in [3.8, 4) is 0 Å². The molecule has 0 aliphatic carbocycles. The van der Waals surface area contributed by atoms with Gasteiger partial charge in [-0.3, -0.25) is 9.59 Å². The highest BCUT2D eigenvalue weighted by atomic mass is 16.3. The summed E-state index contributed by atoms with van der Waals surface area (Å²) in [6.07, 6.45) is 3.71. The number of nitrogens with two attached hydrogens (primary N) is 3. The third-order valence-electron chi connectivity index (χ3n) is 6.35. The van der Waals surface area contributed by atoms with Crippen molar-refractivity contribution >= 4 is 40.4 Å². The molecule has 2 aromatic heterocycles. The van der Waals surface area contributed by atoms with E-state index in [9.17, 15) is 14.7 Å². The Bertz CT molecular complexity index is 1230. The number of anilines is 3. The standard InChI is InChI=1S/C24H31N9O3/c25-21-20-23(31-24(27)30-21)28-13-17(29-20)14-33(8-1-11-34)18-4-2-15(3-5-18)12-19(35)32-9-6-16(7-10-32)22(26)36/h2-5,13,16,34H,1,6-12,14H2,(H2,26,36)(H4,25,27,28,30,31). The number of nitrogen functional groups attached to an aromatic ring is 2. The van der Waals surface area contributed by atoms with Crippen LogP contribution >= 0.6 is 0 Å². The van der Waals surface area contributed by atoms with Crippen LogP contribution in [-0.2, 0) is 22.6 Å². The molecule has 12 heteroatoms. The highest BCUT2D eigenvalue weighted by Crippen LogP contribution is 2.22. The highest BCUT2D eigenvalue weighted by molar-refractivity contribution is 5.82. The van der Waals surface area contributed by atoms with E-state index in [1.54, 1.807) is 11.1 Å². The molecule has 3 aromatic rings. The molecule has 2 amide bonds. The van der Waals surface area contributed by atoms with Crippen LogP contribution in [0.15, 0.2) is 30.5 Å². The predicted octanol–water partition coefficient (Wildman–Crippen LogP) is 0.240. The number of rotatable bonds is 9. The first-order chi connectivity index (χ1) is 17.3. The third kappa shape index (κ3) is 5.95. The van der Waals surface area contributed by atoms with Gasteiger partial charge in [-0.05, 0) is 37.0 Å². The number of fused-ring (bicyclic) bond motifs is 1. The van der Waals surface area contributed by atoms with Crippen molar-refractivity contribution < 1.29 is 14.7 Å². The summed E-state index contributed by atoms with van der Waals surface area (Å²) in [6.45, 7) is 2.18. The molecule has 0 unspecified atom stereocenters. The lowest BCUT2D eigenvalue weighted by atomic mass is 9.96. The summed E-state index contributed by atoms with van der Waals surface area (Å²) >= 11 is 0. The van der Waals surface area contributed by atoms with Gasteiger partial charge in [0.15, 0.2) is 17.0 Å². The van der Waals surface area contributed by atoms with E-state index in [-0.39, 0.29) is 42.5 Å². The molecule has 1 saturated heterocycles. The van der Waals surface area contributed by atoms with Gasteiger partial charge < -0.3 is 32.1 Å². The molecular weight excluding hydrogens is 462 g/mol. The summed E-state index contributed by atoms with van der Waals surface area (Å²) in [4.78, 5) is 44.8. The van der Waals surface area contributed by atoms with Crippen molar-refractivity contribution in [3.63, 3.8) is 0 Å². The van der Waals surface area contributed by atoms with Crippen LogP contribution in [0.1, 0.15) is 30.5 Å². The molecular formula is C24H31N9O3. The maximum atomic E-state index is 12.7. The van der Waals surface area contributed by atoms with Crippen LogP contribution in [0.4, 0.5) is 17.5 Å². The van der Waals surface area contributed by atoms with E-state index >= 15 is 0 Å². The van der Waals surface area contributed by atoms with E-state index in [2.05, 4.69) is 24.8 Å². The first-order valence-corrected chi connectivity index (χ1v) is 11.9. The van der Waals surface area contributed by atoms with Gasteiger partial charge in [0.05, 0.1) is 24.9 Å². The zero-order chi connectivity index (χ0) is 25.7. The molecule has 3 heterocycles. The Morgan fingerprint density at radius 2 is 1.81 bits per heavy atom. The second kappa shape index (κ2) is 11.1. The molecule has 0 saturated carbocycles. The number of likely N-dealkylation sites (tertiary alicyclic amines) is 1. The number of aliphatic hydroxyl groups excluding tert-OH is 1. The Balaban J connectivity index is 1.43. The van der Waals surface area contributed by atoms with Crippen LogP contribution in [-0.4, -0.2) is 68.0 Å². The molecule has 1 aliphatic rings. The number of carbonyl (C=O) groups is 2. The molecule has 0 spiro atoms. The number of piperidine rings is 1. The Morgan fingerprint density at radius 3 is 2.47 bits per heavy atom. The summed E-state index contributed by atoms with van der Waals surface area (Å²) in [6, 6.07) is 7.75. The van der Waals surface area contributed by atoms with Gasteiger partial charge in [0, 0.05) is 37.8 Å². The van der Waals surface area contributed by atoms with Gasteiger partial charge in [0.25, 0.3) is 0 Å². The van der Waals surface area contributed by atoms with Crippen molar-refractivity contribution in [1.82, 2.24) is 24.8 Å². The van der Waals surface area contributed by atoms with Crippen LogP contribution in [0.25, 0.3) is 11.2 Å². The summed E-state index contributed by atoms with van der Waals surface area (Å²) in [5.41, 5.74) is 20.2. The quantitative estimate of drug-likeness (QED) is 0.321. The number of amides is 2.